The molecule has 2 nitrogen and oxygen atoms in total. The number of allylic oxidation sites excluding steroid dienone is 5. The molecule has 0 saturated heterocycles. The van der Waals surface area contributed by atoms with Gasteiger partial charge in [-0.1, -0.05) is 0 Å². The first kappa shape index (κ1) is 29.0. The van der Waals surface area contributed by atoms with E-state index in [1.807, 2.05) is 24.5 Å². The first-order valence-electron chi connectivity index (χ1n) is 12.3. The number of nitrogens with zero attached hydrogens (tertiary/aromatic N) is 2. The van der Waals surface area contributed by atoms with Crippen LogP contribution in [0.3, 0.4) is 0 Å². The summed E-state index contributed by atoms with van der Waals surface area (Å²) in [7, 11) is 0. The quantitative estimate of drug-likeness (QED) is 0.270. The third-order valence-electron chi connectivity index (χ3n) is 7.82. The Morgan fingerprint density at radius 1 is 0.944 bits per heavy atom. The Morgan fingerprint density at radius 2 is 1.58 bits per heavy atom. The molecule has 5 rings (SSSR count). The summed E-state index contributed by atoms with van der Waals surface area (Å²) in [5, 5.41) is 0. The molecule has 0 saturated carbocycles. The van der Waals surface area contributed by atoms with Gasteiger partial charge >= 0.3 is 207 Å². The molecular weight excluding hydrogens is 579 g/mol. The summed E-state index contributed by atoms with van der Waals surface area (Å²) in [4.78, 5) is 9.49. The SMILES string of the molecule is CC1=[C]([Zr]([CH3])([CH3])(=[SiH2])[CH]2C(C(C)C)=Cc3c(-c4ccccn4)cc(-c4ccccn4)cc32)CC=C1.Cl.Cl. The molecule has 0 N–H and O–H groups in total. The van der Waals surface area contributed by atoms with Gasteiger partial charge in [0.2, 0.25) is 0 Å². The summed E-state index contributed by atoms with van der Waals surface area (Å²) in [5.74, 6) is 0.500. The fourth-order valence-corrected chi connectivity index (χ4v) is 24.3. The molecule has 1 aromatic carbocycles. The molecule has 2 heterocycles. The van der Waals surface area contributed by atoms with Crippen molar-refractivity contribution in [3.8, 4) is 22.5 Å². The van der Waals surface area contributed by atoms with E-state index in [-0.39, 0.29) is 24.8 Å². The predicted molar refractivity (Wildman–Crippen MR) is 160 cm³/mol. The van der Waals surface area contributed by atoms with E-state index in [1.54, 1.807) is 8.85 Å². The maximum Gasteiger partial charge on any atom is -0.147 e. The minimum atomic E-state index is -3.41. The van der Waals surface area contributed by atoms with Gasteiger partial charge in [-0.05, 0) is 0 Å². The van der Waals surface area contributed by atoms with Gasteiger partial charge in [0.25, 0.3) is 0 Å². The molecule has 0 spiro atoms. The number of hydrogen-bond acceptors (Lipinski definition) is 2. The van der Waals surface area contributed by atoms with E-state index in [0.717, 1.165) is 17.8 Å². The Bertz CT molecular complexity index is 1430. The fourth-order valence-electron chi connectivity index (χ4n) is 6.23. The first-order chi connectivity index (χ1) is 16.2. The van der Waals surface area contributed by atoms with Crippen molar-refractivity contribution in [3.05, 3.63) is 98.6 Å². The van der Waals surface area contributed by atoms with E-state index in [1.165, 1.54) is 27.8 Å². The molecule has 1 unspecified atom stereocenters. The Hall–Kier alpha value is -1.58. The van der Waals surface area contributed by atoms with Crippen LogP contribution in [0.25, 0.3) is 28.6 Å². The molecule has 2 aliphatic rings. The standard InChI is InChI=1S/C22H19N2.C6H7.2CH3.2ClH.H2Si.Zr/c1-15(2)16-11-17-12-18(21-7-3-5-9-23-21)14-20(19(17)13-16)22-8-4-6-10-24-22;1-6-4-2-3-5-6;;;;;;/h3-15H,1-2H3;2,4H,3H2,1H3;2*1H3;2*1H;1H2;. The number of benzene rings is 1. The van der Waals surface area contributed by atoms with Crippen LogP contribution in [0, 0.1) is 5.92 Å². The monoisotopic (exact) mass is 612 g/mol. The summed E-state index contributed by atoms with van der Waals surface area (Å²) >= 11 is -3.41. The van der Waals surface area contributed by atoms with Crippen molar-refractivity contribution in [1.29, 1.82) is 0 Å². The number of aromatic nitrogens is 2. The molecular formula is C30H36Cl2N2SiZr. The second kappa shape index (κ2) is 10.7. The molecule has 188 valence electrons. The zero-order chi connectivity index (χ0) is 24.1. The minimum Gasteiger partial charge on any atom is -0.147 e. The third kappa shape index (κ3) is 4.95. The average molecular weight is 615 g/mol. The zero-order valence-corrected chi connectivity index (χ0v) is 27.3. The molecule has 0 fully saturated rings. The maximum atomic E-state index is 4.78. The Kier molecular flexibility index (Phi) is 8.58. The van der Waals surface area contributed by atoms with Crippen LogP contribution < -0.4 is 0 Å². The number of rotatable bonds is 5. The Morgan fingerprint density at radius 3 is 2.11 bits per heavy atom. The van der Waals surface area contributed by atoms with Gasteiger partial charge < -0.3 is 0 Å². The van der Waals surface area contributed by atoms with Crippen molar-refractivity contribution in [2.75, 3.05) is 0 Å². The van der Waals surface area contributed by atoms with Crippen molar-refractivity contribution in [3.63, 3.8) is 0 Å². The van der Waals surface area contributed by atoms with E-state index in [9.17, 15) is 0 Å². The van der Waals surface area contributed by atoms with Crippen LogP contribution in [0.1, 0.15) is 41.9 Å². The number of halogens is 2. The second-order valence-electron chi connectivity index (χ2n) is 11.3. The van der Waals surface area contributed by atoms with Gasteiger partial charge in [0.05, 0.1) is 0 Å². The van der Waals surface area contributed by atoms with Gasteiger partial charge in [-0.2, -0.15) is 0 Å². The molecule has 2 aromatic heterocycles. The fraction of sp³-hybridized carbons (Fsp3) is 0.267. The Labute approximate surface area is 230 Å². The topological polar surface area (TPSA) is 25.8 Å². The van der Waals surface area contributed by atoms with Crippen LogP contribution >= 0.6 is 24.8 Å². The van der Waals surface area contributed by atoms with Crippen LogP contribution in [0.4, 0.5) is 0 Å². The molecule has 6 heteroatoms. The van der Waals surface area contributed by atoms with Crippen LogP contribution in [-0.2, 0) is 17.4 Å². The molecule has 36 heavy (non-hydrogen) atoms. The van der Waals surface area contributed by atoms with Gasteiger partial charge in [0.1, 0.15) is 0 Å². The third-order valence-corrected chi connectivity index (χ3v) is 25.2. The maximum absolute atomic E-state index is 4.78. The molecule has 3 aromatic rings. The molecule has 1 atom stereocenters. The summed E-state index contributed by atoms with van der Waals surface area (Å²) in [6, 6.07) is 17.2. The van der Waals surface area contributed by atoms with E-state index >= 15 is 0 Å². The normalized spacial score (nSPS) is 17.0. The van der Waals surface area contributed by atoms with Crippen molar-refractivity contribution < 1.29 is 17.4 Å². The van der Waals surface area contributed by atoms with Gasteiger partial charge in [0, 0.05) is 0 Å². The van der Waals surface area contributed by atoms with Crippen LogP contribution in [0.5, 0.6) is 0 Å². The largest absolute Gasteiger partial charge is 0.147 e. The van der Waals surface area contributed by atoms with Gasteiger partial charge in [-0.25, -0.2) is 0 Å². The summed E-state index contributed by atoms with van der Waals surface area (Å²) in [6.45, 7) is 9.44. The van der Waals surface area contributed by atoms with E-state index in [2.05, 4.69) is 91.5 Å². The van der Waals surface area contributed by atoms with Gasteiger partial charge in [-0.3, -0.25) is 0 Å². The second-order valence-corrected chi connectivity index (χ2v) is 40.9. The smallest absolute Gasteiger partial charge is 0.147 e. The van der Waals surface area contributed by atoms with Crippen molar-refractivity contribution in [2.45, 2.75) is 40.1 Å². The molecule has 0 amide bonds. The summed E-state index contributed by atoms with van der Waals surface area (Å²) < 4.78 is 7.60. The van der Waals surface area contributed by atoms with E-state index in [4.69, 9.17) is 9.97 Å². The zero-order valence-electron chi connectivity index (χ0n) is 21.8. The molecule has 0 aliphatic heterocycles. The number of pyridine rings is 2. The van der Waals surface area contributed by atoms with E-state index < -0.39 is 17.4 Å². The van der Waals surface area contributed by atoms with Crippen molar-refractivity contribution in [1.82, 2.24) is 9.97 Å². The summed E-state index contributed by atoms with van der Waals surface area (Å²) in [5.41, 5.74) is 10.4. The van der Waals surface area contributed by atoms with Crippen molar-refractivity contribution >= 4 is 37.8 Å². The molecule has 0 radical (unpaired) electrons. The van der Waals surface area contributed by atoms with E-state index in [0.29, 0.717) is 9.54 Å². The predicted octanol–water partition coefficient (Wildman–Crippen LogP) is 8.32. The molecule has 0 bridgehead atoms. The minimum absolute atomic E-state index is 0. The van der Waals surface area contributed by atoms with Crippen LogP contribution in [0.2, 0.25) is 9.26 Å². The average Bonchev–Trinajstić information content (AvgIpc) is 3.44. The van der Waals surface area contributed by atoms with Gasteiger partial charge in [-0.15, -0.1) is 24.8 Å². The van der Waals surface area contributed by atoms with Crippen LogP contribution in [-0.4, -0.2) is 16.8 Å². The van der Waals surface area contributed by atoms with Crippen LogP contribution in [0.15, 0.2) is 87.5 Å². The molecule has 2 aliphatic carbocycles. The number of fused-ring (bicyclic) bond motifs is 1. The Balaban J connectivity index is 0.00000180. The number of hydrogen-bond donors (Lipinski definition) is 0. The van der Waals surface area contributed by atoms with Gasteiger partial charge in [0.15, 0.2) is 0 Å². The first-order valence-corrected chi connectivity index (χ1v) is 25.8. The summed E-state index contributed by atoms with van der Waals surface area (Å²) in [6.07, 6.45) is 12.2. The van der Waals surface area contributed by atoms with Crippen molar-refractivity contribution in [2.24, 2.45) is 5.92 Å².